The second-order valence-electron chi connectivity index (χ2n) is 4.90. The van der Waals surface area contributed by atoms with Gasteiger partial charge in [0, 0.05) is 5.41 Å². The van der Waals surface area contributed by atoms with Crippen LogP contribution in [0.1, 0.15) is 34.1 Å². The number of ether oxygens (including phenoxy) is 2. The third-order valence-electron chi connectivity index (χ3n) is 3.59. The van der Waals surface area contributed by atoms with Gasteiger partial charge in [0.1, 0.15) is 11.5 Å². The van der Waals surface area contributed by atoms with E-state index in [4.69, 9.17) is 24.8 Å². The molecule has 0 unspecified atom stereocenters. The first kappa shape index (κ1) is 21.0. The van der Waals surface area contributed by atoms with Crippen LogP contribution in [0, 0.1) is 5.41 Å². The molecule has 0 aliphatic carbocycles. The maximum Gasteiger partial charge on any atom is 0.153 e. The lowest BCUT2D eigenvalue weighted by atomic mass is 9.88. The minimum absolute atomic E-state index is 0.156. The van der Waals surface area contributed by atoms with E-state index in [1.165, 1.54) is 26.4 Å². The van der Waals surface area contributed by atoms with Crippen LogP contribution in [0.2, 0.25) is 0 Å². The maximum atomic E-state index is 10.6. The molecular formula is C16H24O7. The maximum absolute atomic E-state index is 10.6. The van der Waals surface area contributed by atoms with E-state index in [1.807, 2.05) is 6.92 Å². The van der Waals surface area contributed by atoms with E-state index in [9.17, 15) is 9.59 Å². The molecule has 0 atom stereocenters. The summed E-state index contributed by atoms with van der Waals surface area (Å²) < 4.78 is 9.87. The number of aldehydes is 2. The van der Waals surface area contributed by atoms with E-state index in [0.29, 0.717) is 41.6 Å². The van der Waals surface area contributed by atoms with Gasteiger partial charge >= 0.3 is 0 Å². The molecule has 7 nitrogen and oxygen atoms in total. The van der Waals surface area contributed by atoms with Crippen molar-refractivity contribution in [2.75, 3.05) is 34.0 Å². The second kappa shape index (κ2) is 10.7. The number of aliphatic hydroxyl groups excluding tert-OH is 3. The molecule has 130 valence electrons. The molecule has 1 rings (SSSR count). The van der Waals surface area contributed by atoms with Crippen LogP contribution in [0.5, 0.6) is 11.5 Å². The van der Waals surface area contributed by atoms with Crippen molar-refractivity contribution in [3.8, 4) is 11.5 Å². The molecule has 7 heteroatoms. The number of hydrogen-bond donors (Lipinski definition) is 3. The highest BCUT2D eigenvalue weighted by Gasteiger charge is 2.24. The Hall–Kier alpha value is -1.96. The lowest BCUT2D eigenvalue weighted by molar-refractivity contribution is 0.00304. The predicted molar refractivity (Wildman–Crippen MR) is 84.3 cm³/mol. The summed E-state index contributed by atoms with van der Waals surface area (Å²) in [5, 5.41) is 26.0. The topological polar surface area (TPSA) is 113 Å². The van der Waals surface area contributed by atoms with E-state index >= 15 is 0 Å². The summed E-state index contributed by atoms with van der Waals surface area (Å²) in [5.41, 5.74) is 0.0462. The molecule has 0 spiro atoms. The Morgan fingerprint density at radius 3 is 1.39 bits per heavy atom. The number of carbonyl (C=O) groups excluding carboxylic acids is 2. The summed E-state index contributed by atoms with van der Waals surface area (Å²) in [5.74, 6) is 0.728. The summed E-state index contributed by atoms with van der Waals surface area (Å²) in [7, 11) is 2.87. The zero-order valence-electron chi connectivity index (χ0n) is 13.6. The molecule has 1 aromatic carbocycles. The molecule has 0 amide bonds. The van der Waals surface area contributed by atoms with Crippen LogP contribution in [-0.4, -0.2) is 61.9 Å². The number of carbonyl (C=O) groups is 2. The van der Waals surface area contributed by atoms with Crippen LogP contribution in [0.4, 0.5) is 0 Å². The molecule has 1 aromatic rings. The number of methoxy groups -OCH3 is 2. The molecule has 0 aromatic heterocycles. The van der Waals surface area contributed by atoms with Crippen molar-refractivity contribution in [1.29, 1.82) is 0 Å². The third kappa shape index (κ3) is 5.63. The average Bonchev–Trinajstić information content (AvgIpc) is 2.63. The Kier molecular flexibility index (Phi) is 9.80. The van der Waals surface area contributed by atoms with Gasteiger partial charge in [-0.25, -0.2) is 0 Å². The Labute approximate surface area is 135 Å². The van der Waals surface area contributed by atoms with E-state index in [2.05, 4.69) is 0 Å². The Morgan fingerprint density at radius 2 is 1.26 bits per heavy atom. The first-order valence-electron chi connectivity index (χ1n) is 7.00. The van der Waals surface area contributed by atoms with Crippen LogP contribution >= 0.6 is 0 Å². The van der Waals surface area contributed by atoms with Crippen LogP contribution in [0.3, 0.4) is 0 Å². The summed E-state index contributed by atoms with van der Waals surface area (Å²) in [6.45, 7) is 1.35. The molecule has 0 saturated carbocycles. The van der Waals surface area contributed by atoms with Gasteiger partial charge in [-0.05, 0) is 18.6 Å². The molecule has 3 N–H and O–H groups in total. The average molecular weight is 328 g/mol. The monoisotopic (exact) mass is 328 g/mol. The smallest absolute Gasteiger partial charge is 0.153 e. The lowest BCUT2D eigenvalue weighted by Crippen LogP contribution is -2.32. The van der Waals surface area contributed by atoms with Crippen LogP contribution in [0.15, 0.2) is 12.1 Å². The normalized spacial score (nSPS) is 10.3. The highest BCUT2D eigenvalue weighted by atomic mass is 16.5. The fourth-order valence-electron chi connectivity index (χ4n) is 1.61. The van der Waals surface area contributed by atoms with Gasteiger partial charge in [0.25, 0.3) is 0 Å². The molecule has 0 aliphatic heterocycles. The first-order valence-corrected chi connectivity index (χ1v) is 7.00. The minimum Gasteiger partial charge on any atom is -0.496 e. The van der Waals surface area contributed by atoms with Crippen LogP contribution < -0.4 is 9.47 Å². The molecule has 0 heterocycles. The molecule has 0 saturated heterocycles. The quantitative estimate of drug-likeness (QED) is 0.602. The Bertz CT molecular complexity index is 442. The fourth-order valence-corrected chi connectivity index (χ4v) is 1.61. The lowest BCUT2D eigenvalue weighted by Gasteiger charge is -2.24. The van der Waals surface area contributed by atoms with Gasteiger partial charge in [0.05, 0.1) is 45.2 Å². The van der Waals surface area contributed by atoms with Gasteiger partial charge in [-0.15, -0.1) is 0 Å². The van der Waals surface area contributed by atoms with Gasteiger partial charge in [-0.1, -0.05) is 6.92 Å². The van der Waals surface area contributed by atoms with Crippen LogP contribution in [0.25, 0.3) is 0 Å². The number of aliphatic hydroxyl groups is 3. The zero-order chi connectivity index (χ0) is 17.9. The third-order valence-corrected chi connectivity index (χ3v) is 3.59. The van der Waals surface area contributed by atoms with Crippen molar-refractivity contribution in [2.45, 2.75) is 13.3 Å². The zero-order valence-corrected chi connectivity index (χ0v) is 13.6. The largest absolute Gasteiger partial charge is 0.496 e. The molecule has 23 heavy (non-hydrogen) atoms. The van der Waals surface area contributed by atoms with Gasteiger partial charge < -0.3 is 24.8 Å². The van der Waals surface area contributed by atoms with E-state index in [0.717, 1.165) is 0 Å². The first-order chi connectivity index (χ1) is 11.0. The highest BCUT2D eigenvalue weighted by molar-refractivity contribution is 5.87. The van der Waals surface area contributed by atoms with Crippen molar-refractivity contribution in [3.05, 3.63) is 23.3 Å². The Morgan fingerprint density at radius 1 is 0.913 bits per heavy atom. The molecular weight excluding hydrogens is 304 g/mol. The fraction of sp³-hybridized carbons (Fsp3) is 0.500. The minimum atomic E-state index is -0.667. The summed E-state index contributed by atoms with van der Waals surface area (Å²) in [6, 6.07) is 2.94. The standard InChI is InChI=1S/C10H10O4.C6H14O3/c1-13-9-3-8(6-12)10(14-2)4-7(9)5-11;1-2-6(3-7,4-8)5-9/h3-6H,1-2H3;7-9H,2-5H2,1H3. The van der Waals surface area contributed by atoms with Gasteiger partial charge in [0.15, 0.2) is 12.6 Å². The second-order valence-corrected chi connectivity index (χ2v) is 4.90. The number of benzene rings is 1. The van der Waals surface area contributed by atoms with Gasteiger partial charge in [0.2, 0.25) is 0 Å². The van der Waals surface area contributed by atoms with Crippen LogP contribution in [-0.2, 0) is 0 Å². The van der Waals surface area contributed by atoms with Gasteiger partial charge in [-0.2, -0.15) is 0 Å². The SMILES string of the molecule is CCC(CO)(CO)CO.COc1cc(C=O)c(OC)cc1C=O. The predicted octanol–water partition coefficient (Wildman–Crippen LogP) is 0.689. The summed E-state index contributed by atoms with van der Waals surface area (Å²) >= 11 is 0. The van der Waals surface area contributed by atoms with Crippen molar-refractivity contribution in [3.63, 3.8) is 0 Å². The number of rotatable bonds is 8. The van der Waals surface area contributed by atoms with Crippen molar-refractivity contribution in [1.82, 2.24) is 0 Å². The van der Waals surface area contributed by atoms with Crippen molar-refractivity contribution in [2.24, 2.45) is 5.41 Å². The van der Waals surface area contributed by atoms with E-state index < -0.39 is 5.41 Å². The van der Waals surface area contributed by atoms with Crippen molar-refractivity contribution < 1.29 is 34.4 Å². The highest BCUT2D eigenvalue weighted by Crippen LogP contribution is 2.26. The summed E-state index contributed by atoms with van der Waals surface area (Å²) in [6.07, 6.45) is 1.89. The molecule has 0 aliphatic rings. The summed E-state index contributed by atoms with van der Waals surface area (Å²) in [4.78, 5) is 21.3. The molecule has 0 radical (unpaired) electrons. The molecule has 0 bridgehead atoms. The van der Waals surface area contributed by atoms with E-state index in [1.54, 1.807) is 0 Å². The van der Waals surface area contributed by atoms with E-state index in [-0.39, 0.29) is 19.8 Å². The molecule has 0 fully saturated rings. The number of hydrogen-bond acceptors (Lipinski definition) is 7. The Balaban J connectivity index is 0.000000468. The van der Waals surface area contributed by atoms with Crippen molar-refractivity contribution >= 4 is 12.6 Å². The van der Waals surface area contributed by atoms with Gasteiger partial charge in [-0.3, -0.25) is 9.59 Å².